The molecule has 0 unspecified atom stereocenters. The molecule has 0 radical (unpaired) electrons. The van der Waals surface area contributed by atoms with Gasteiger partial charge in [0.25, 0.3) is 5.69 Å². The number of nitrogens with one attached hydrogen (secondary N) is 1. The fourth-order valence-corrected chi connectivity index (χ4v) is 3.45. The van der Waals surface area contributed by atoms with E-state index in [0.29, 0.717) is 15.7 Å². The average Bonchev–Trinajstić information content (AvgIpc) is 2.53. The molecule has 2 aromatic carbocycles. The number of carbonyl (C=O) groups is 1. The van der Waals surface area contributed by atoms with Gasteiger partial charge < -0.3 is 5.32 Å². The molecular weight excluding hydrogens is 426 g/mol. The average molecular weight is 442 g/mol. The number of aryl methyl sites for hydroxylation is 1. The maximum absolute atomic E-state index is 12.4. The molecule has 0 aliphatic heterocycles. The minimum absolute atomic E-state index is 0.169. The van der Waals surface area contributed by atoms with Crippen LogP contribution in [0, 0.1) is 17.0 Å². The van der Waals surface area contributed by atoms with Gasteiger partial charge in [-0.2, -0.15) is 0 Å². The van der Waals surface area contributed by atoms with Gasteiger partial charge in [-0.15, -0.1) is 0 Å². The molecule has 26 heavy (non-hydrogen) atoms. The molecule has 0 bridgehead atoms. The molecule has 2 aromatic rings. The molecule has 8 nitrogen and oxygen atoms in total. The van der Waals surface area contributed by atoms with Crippen molar-refractivity contribution in [2.24, 2.45) is 0 Å². The highest BCUT2D eigenvalue weighted by atomic mass is 79.9. The number of nitrogens with zero attached hydrogens (tertiary/aromatic N) is 2. The summed E-state index contributed by atoms with van der Waals surface area (Å²) in [6.45, 7) is 1.22. The first-order valence-electron chi connectivity index (χ1n) is 7.36. The van der Waals surface area contributed by atoms with Crippen molar-refractivity contribution in [3.05, 3.63) is 62.6 Å². The van der Waals surface area contributed by atoms with Crippen molar-refractivity contribution in [3.63, 3.8) is 0 Å². The van der Waals surface area contributed by atoms with Crippen LogP contribution in [0.1, 0.15) is 5.56 Å². The van der Waals surface area contributed by atoms with Crippen molar-refractivity contribution in [2.75, 3.05) is 22.4 Å². The Kier molecular flexibility index (Phi) is 5.98. The molecule has 138 valence electrons. The maximum Gasteiger partial charge on any atom is 0.271 e. The van der Waals surface area contributed by atoms with Gasteiger partial charge in [-0.05, 0) is 30.7 Å². The number of benzene rings is 2. The van der Waals surface area contributed by atoms with E-state index >= 15 is 0 Å². The monoisotopic (exact) mass is 441 g/mol. The highest BCUT2D eigenvalue weighted by Crippen LogP contribution is 2.24. The zero-order valence-corrected chi connectivity index (χ0v) is 16.4. The lowest BCUT2D eigenvalue weighted by molar-refractivity contribution is -0.384. The number of nitro groups is 1. The van der Waals surface area contributed by atoms with Crippen molar-refractivity contribution in [3.8, 4) is 0 Å². The van der Waals surface area contributed by atoms with E-state index in [1.807, 2.05) is 0 Å². The number of non-ortho nitro benzene ring substituents is 1. The summed E-state index contributed by atoms with van der Waals surface area (Å²) in [5.41, 5.74) is 1.04. The Balaban J connectivity index is 2.26. The van der Waals surface area contributed by atoms with Gasteiger partial charge in [-0.25, -0.2) is 8.42 Å². The molecule has 10 heteroatoms. The number of anilines is 2. The van der Waals surface area contributed by atoms with Crippen molar-refractivity contribution in [1.29, 1.82) is 0 Å². The van der Waals surface area contributed by atoms with Gasteiger partial charge in [-0.1, -0.05) is 28.1 Å². The Hall–Kier alpha value is -2.46. The topological polar surface area (TPSA) is 110 Å². The molecule has 1 N–H and O–H groups in total. The summed E-state index contributed by atoms with van der Waals surface area (Å²) in [5, 5.41) is 13.4. The normalized spacial score (nSPS) is 11.0. The second-order valence-electron chi connectivity index (χ2n) is 5.55. The van der Waals surface area contributed by atoms with E-state index in [2.05, 4.69) is 21.2 Å². The van der Waals surface area contributed by atoms with E-state index in [0.717, 1.165) is 10.6 Å². The minimum Gasteiger partial charge on any atom is -0.324 e. The molecule has 0 aromatic heterocycles. The van der Waals surface area contributed by atoms with Crippen molar-refractivity contribution < 1.29 is 18.1 Å². The lowest BCUT2D eigenvalue weighted by Crippen LogP contribution is -2.37. The summed E-state index contributed by atoms with van der Waals surface area (Å²) in [5.74, 6) is -0.612. The first-order valence-corrected chi connectivity index (χ1v) is 10.0. The minimum atomic E-state index is -3.71. The van der Waals surface area contributed by atoms with Crippen LogP contribution in [-0.2, 0) is 14.8 Å². The van der Waals surface area contributed by atoms with Gasteiger partial charge in [0.05, 0.1) is 22.6 Å². The zero-order chi connectivity index (χ0) is 19.5. The third-order valence-corrected chi connectivity index (χ3v) is 5.12. The van der Waals surface area contributed by atoms with Crippen LogP contribution < -0.4 is 9.62 Å². The van der Waals surface area contributed by atoms with E-state index in [-0.39, 0.29) is 11.4 Å². The first-order chi connectivity index (χ1) is 12.1. The zero-order valence-electron chi connectivity index (χ0n) is 14.0. The van der Waals surface area contributed by atoms with Crippen molar-refractivity contribution in [2.45, 2.75) is 6.92 Å². The number of sulfonamides is 1. The summed E-state index contributed by atoms with van der Waals surface area (Å²) in [7, 11) is -3.71. The van der Waals surface area contributed by atoms with Crippen LogP contribution >= 0.6 is 15.9 Å². The van der Waals surface area contributed by atoms with Gasteiger partial charge in [-0.3, -0.25) is 19.2 Å². The number of hydrogen-bond acceptors (Lipinski definition) is 5. The number of nitro benzene ring substituents is 1. The number of rotatable bonds is 6. The molecule has 0 heterocycles. The van der Waals surface area contributed by atoms with Crippen molar-refractivity contribution in [1.82, 2.24) is 0 Å². The fourth-order valence-electron chi connectivity index (χ4n) is 2.21. The number of hydrogen-bond donors (Lipinski definition) is 1. The van der Waals surface area contributed by atoms with E-state index < -0.39 is 27.4 Å². The van der Waals surface area contributed by atoms with Crippen LogP contribution in [0.4, 0.5) is 17.1 Å². The Morgan fingerprint density at radius 3 is 2.54 bits per heavy atom. The van der Waals surface area contributed by atoms with Gasteiger partial charge in [0.2, 0.25) is 15.9 Å². The maximum atomic E-state index is 12.4. The van der Waals surface area contributed by atoms with Crippen LogP contribution in [0.2, 0.25) is 0 Å². The fraction of sp³-hybridized carbons (Fsp3) is 0.188. The molecular formula is C16H16BrN3O5S. The van der Waals surface area contributed by atoms with Crippen LogP contribution in [0.25, 0.3) is 0 Å². The number of halogens is 1. The van der Waals surface area contributed by atoms with Crippen molar-refractivity contribution >= 4 is 48.9 Å². The predicted molar refractivity (Wildman–Crippen MR) is 103 cm³/mol. The van der Waals surface area contributed by atoms with Gasteiger partial charge in [0, 0.05) is 16.6 Å². The predicted octanol–water partition coefficient (Wildman–Crippen LogP) is 3.07. The molecule has 0 aliphatic carbocycles. The Morgan fingerprint density at radius 2 is 1.96 bits per heavy atom. The largest absolute Gasteiger partial charge is 0.324 e. The van der Waals surface area contributed by atoms with E-state index in [1.165, 1.54) is 18.2 Å². The molecule has 1 amide bonds. The van der Waals surface area contributed by atoms with Gasteiger partial charge in [0.1, 0.15) is 6.54 Å². The van der Waals surface area contributed by atoms with Crippen LogP contribution in [-0.4, -0.2) is 32.0 Å². The molecule has 2 rings (SSSR count). The summed E-state index contributed by atoms with van der Waals surface area (Å²) in [6, 6.07) is 10.6. The van der Waals surface area contributed by atoms with Gasteiger partial charge >= 0.3 is 0 Å². The Morgan fingerprint density at radius 1 is 1.27 bits per heavy atom. The highest BCUT2D eigenvalue weighted by Gasteiger charge is 2.22. The van der Waals surface area contributed by atoms with Crippen LogP contribution in [0.15, 0.2) is 46.9 Å². The summed E-state index contributed by atoms with van der Waals surface area (Å²) < 4.78 is 25.8. The number of amides is 1. The van der Waals surface area contributed by atoms with E-state index in [4.69, 9.17) is 0 Å². The summed E-state index contributed by atoms with van der Waals surface area (Å²) in [4.78, 5) is 22.7. The third-order valence-electron chi connectivity index (χ3n) is 3.49. The molecule has 0 saturated heterocycles. The van der Waals surface area contributed by atoms with E-state index in [9.17, 15) is 23.3 Å². The lowest BCUT2D eigenvalue weighted by atomic mass is 10.2. The molecule has 0 spiro atoms. The Bertz CT molecular complexity index is 962. The van der Waals surface area contributed by atoms with Crippen LogP contribution in [0.3, 0.4) is 0 Å². The molecule has 0 atom stereocenters. The molecule has 0 fully saturated rings. The summed E-state index contributed by atoms with van der Waals surface area (Å²) >= 11 is 3.26. The standard InChI is InChI=1S/C16H16BrN3O5S/c1-11-6-7-14(20(22)23)9-15(11)18-16(21)10-19(26(2,24)25)13-5-3-4-12(17)8-13/h3-9H,10H2,1-2H3,(H,18,21). The number of carbonyl (C=O) groups excluding carboxylic acids is 1. The molecule has 0 saturated carbocycles. The SMILES string of the molecule is Cc1ccc([N+](=O)[O-])cc1NC(=O)CN(c1cccc(Br)c1)S(C)(=O)=O. The van der Waals surface area contributed by atoms with E-state index in [1.54, 1.807) is 31.2 Å². The van der Waals surface area contributed by atoms with Gasteiger partial charge in [0.15, 0.2) is 0 Å². The second-order valence-corrected chi connectivity index (χ2v) is 8.38. The smallest absolute Gasteiger partial charge is 0.271 e. The third kappa shape index (κ3) is 5.02. The highest BCUT2D eigenvalue weighted by molar-refractivity contribution is 9.10. The Labute approximate surface area is 159 Å². The molecule has 0 aliphatic rings. The second kappa shape index (κ2) is 7.83. The lowest BCUT2D eigenvalue weighted by Gasteiger charge is -2.22. The quantitative estimate of drug-likeness (QED) is 0.546. The first kappa shape index (κ1) is 19.9. The van der Waals surface area contributed by atoms with Crippen LogP contribution in [0.5, 0.6) is 0 Å². The summed E-state index contributed by atoms with van der Waals surface area (Å²) in [6.07, 6.45) is 1.000.